The van der Waals surface area contributed by atoms with Gasteiger partial charge in [-0.05, 0) is 38.1 Å². The molecule has 27 heavy (non-hydrogen) atoms. The predicted octanol–water partition coefficient (Wildman–Crippen LogP) is 1.80. The van der Waals surface area contributed by atoms with E-state index in [2.05, 4.69) is 15.1 Å². The molecule has 140 valence electrons. The van der Waals surface area contributed by atoms with Crippen molar-refractivity contribution >= 4 is 17.5 Å². The average molecular weight is 370 g/mol. The Morgan fingerprint density at radius 2 is 1.85 bits per heavy atom. The van der Waals surface area contributed by atoms with Gasteiger partial charge in [-0.3, -0.25) is 4.79 Å². The lowest BCUT2D eigenvalue weighted by atomic mass is 10.1. The summed E-state index contributed by atoms with van der Waals surface area (Å²) in [6.45, 7) is 3.16. The molecule has 0 fully saturated rings. The van der Waals surface area contributed by atoms with Gasteiger partial charge in [0.2, 0.25) is 5.78 Å². The van der Waals surface area contributed by atoms with Gasteiger partial charge in [0.05, 0.1) is 19.8 Å². The molecule has 2 heterocycles. The summed E-state index contributed by atoms with van der Waals surface area (Å²) in [5.74, 6) is -0.273. The van der Waals surface area contributed by atoms with E-state index >= 15 is 0 Å². The molecule has 0 aliphatic rings. The van der Waals surface area contributed by atoms with Crippen LogP contribution in [0.4, 0.5) is 0 Å². The molecule has 9 heteroatoms. The summed E-state index contributed by atoms with van der Waals surface area (Å²) < 4.78 is 16.8. The summed E-state index contributed by atoms with van der Waals surface area (Å²) in [7, 11) is 2.94. The van der Waals surface area contributed by atoms with Crippen LogP contribution in [0.5, 0.6) is 11.5 Å². The maximum absolute atomic E-state index is 12.4. The Bertz CT molecular complexity index is 1030. The molecule has 0 aliphatic heterocycles. The van der Waals surface area contributed by atoms with Gasteiger partial charge in [-0.15, -0.1) is 5.10 Å². The molecule has 9 nitrogen and oxygen atoms in total. The van der Waals surface area contributed by atoms with Gasteiger partial charge in [0.1, 0.15) is 11.5 Å². The van der Waals surface area contributed by atoms with Crippen molar-refractivity contribution in [1.82, 2.24) is 19.6 Å². The number of rotatable bonds is 6. The number of hydrogen-bond donors (Lipinski definition) is 0. The van der Waals surface area contributed by atoms with E-state index in [1.807, 2.05) is 19.9 Å². The van der Waals surface area contributed by atoms with E-state index in [4.69, 9.17) is 14.2 Å². The minimum absolute atomic E-state index is 0.165. The van der Waals surface area contributed by atoms with Crippen LogP contribution in [0.25, 0.3) is 5.78 Å². The molecule has 0 spiro atoms. The van der Waals surface area contributed by atoms with Crippen molar-refractivity contribution in [3.63, 3.8) is 0 Å². The second kappa shape index (κ2) is 7.40. The molecule has 0 aliphatic carbocycles. The van der Waals surface area contributed by atoms with Crippen LogP contribution in [0.2, 0.25) is 0 Å². The second-order valence-electron chi connectivity index (χ2n) is 5.75. The Hall–Kier alpha value is -3.49. The van der Waals surface area contributed by atoms with E-state index in [1.54, 1.807) is 12.1 Å². The van der Waals surface area contributed by atoms with Gasteiger partial charge in [0, 0.05) is 11.4 Å². The first-order valence-electron chi connectivity index (χ1n) is 8.06. The molecule has 1 aromatic carbocycles. The highest BCUT2D eigenvalue weighted by Crippen LogP contribution is 2.24. The molecular formula is C18H18N4O5. The number of carbonyl (C=O) groups excluding carboxylic acids is 2. The highest BCUT2D eigenvalue weighted by Gasteiger charge is 2.20. The van der Waals surface area contributed by atoms with Gasteiger partial charge in [-0.2, -0.15) is 4.98 Å². The minimum Gasteiger partial charge on any atom is -0.497 e. The van der Waals surface area contributed by atoms with Crippen molar-refractivity contribution in [2.24, 2.45) is 0 Å². The fraction of sp³-hybridized carbons (Fsp3) is 0.278. The molecule has 0 saturated carbocycles. The third-order valence-electron chi connectivity index (χ3n) is 3.84. The van der Waals surface area contributed by atoms with Crippen molar-refractivity contribution in [1.29, 1.82) is 0 Å². The van der Waals surface area contributed by atoms with E-state index in [0.717, 1.165) is 11.4 Å². The summed E-state index contributed by atoms with van der Waals surface area (Å²) in [6, 6.07) is 6.61. The van der Waals surface area contributed by atoms with E-state index in [9.17, 15) is 9.59 Å². The molecule has 3 aromatic rings. The largest absolute Gasteiger partial charge is 0.497 e. The van der Waals surface area contributed by atoms with E-state index < -0.39 is 18.4 Å². The molecule has 0 radical (unpaired) electrons. The van der Waals surface area contributed by atoms with Crippen LogP contribution in [0.15, 0.2) is 24.3 Å². The number of fused-ring (bicyclic) bond motifs is 1. The molecule has 0 amide bonds. The summed E-state index contributed by atoms with van der Waals surface area (Å²) in [4.78, 5) is 32.9. The summed E-state index contributed by atoms with van der Waals surface area (Å²) >= 11 is 0. The van der Waals surface area contributed by atoms with Crippen LogP contribution < -0.4 is 9.47 Å². The Labute approximate surface area is 154 Å². The first kappa shape index (κ1) is 18.3. The fourth-order valence-corrected chi connectivity index (χ4v) is 2.56. The Morgan fingerprint density at radius 3 is 2.56 bits per heavy atom. The average Bonchev–Trinajstić information content (AvgIpc) is 3.09. The van der Waals surface area contributed by atoms with Crippen LogP contribution in [0.3, 0.4) is 0 Å². The van der Waals surface area contributed by atoms with Crippen molar-refractivity contribution < 1.29 is 23.8 Å². The van der Waals surface area contributed by atoms with Gasteiger partial charge < -0.3 is 14.2 Å². The Morgan fingerprint density at radius 1 is 1.07 bits per heavy atom. The monoisotopic (exact) mass is 370 g/mol. The standard InChI is InChI=1S/C18H18N4O5/c1-10-7-11(2)22-18(19-10)20-16(21-22)17(24)27-9-14(23)13-8-12(25-3)5-6-15(13)26-4/h5-8H,9H2,1-4H3. The zero-order valence-electron chi connectivity index (χ0n) is 15.3. The zero-order chi connectivity index (χ0) is 19.6. The first-order chi connectivity index (χ1) is 12.9. The number of hydrogen-bond acceptors (Lipinski definition) is 8. The van der Waals surface area contributed by atoms with Gasteiger partial charge >= 0.3 is 5.97 Å². The van der Waals surface area contributed by atoms with Gasteiger partial charge in [0.15, 0.2) is 6.61 Å². The lowest BCUT2D eigenvalue weighted by Crippen LogP contribution is -2.16. The lowest BCUT2D eigenvalue weighted by Gasteiger charge is -2.09. The van der Waals surface area contributed by atoms with Gasteiger partial charge in [-0.1, -0.05) is 0 Å². The number of ether oxygens (including phenoxy) is 3. The van der Waals surface area contributed by atoms with Crippen LogP contribution in [0.1, 0.15) is 32.4 Å². The molecule has 2 aromatic heterocycles. The van der Waals surface area contributed by atoms with E-state index in [0.29, 0.717) is 17.3 Å². The lowest BCUT2D eigenvalue weighted by molar-refractivity contribution is 0.0462. The van der Waals surface area contributed by atoms with Crippen LogP contribution in [-0.2, 0) is 4.74 Å². The number of esters is 1. The SMILES string of the molecule is COc1ccc(OC)c(C(=O)COC(=O)c2nc3nc(C)cc(C)n3n2)c1. The zero-order valence-corrected chi connectivity index (χ0v) is 15.3. The molecule has 0 unspecified atom stereocenters. The Kier molecular flexibility index (Phi) is 5.02. The van der Waals surface area contributed by atoms with Crippen molar-refractivity contribution in [3.05, 3.63) is 47.0 Å². The van der Waals surface area contributed by atoms with Crippen molar-refractivity contribution in [2.45, 2.75) is 13.8 Å². The number of nitrogens with zero attached hydrogens (tertiary/aromatic N) is 4. The number of ketones is 1. The molecule has 3 rings (SSSR count). The maximum atomic E-state index is 12.4. The van der Waals surface area contributed by atoms with Crippen molar-refractivity contribution in [3.8, 4) is 11.5 Å². The number of aryl methyl sites for hydroxylation is 2. The van der Waals surface area contributed by atoms with Crippen LogP contribution >= 0.6 is 0 Å². The third kappa shape index (κ3) is 3.71. The molecule has 0 atom stereocenters. The molecule has 0 N–H and O–H groups in total. The predicted molar refractivity (Wildman–Crippen MR) is 94.4 cm³/mol. The van der Waals surface area contributed by atoms with Gasteiger partial charge in [-0.25, -0.2) is 14.3 Å². The second-order valence-corrected chi connectivity index (χ2v) is 5.75. The molecule has 0 saturated heterocycles. The quantitative estimate of drug-likeness (QED) is 0.478. The highest BCUT2D eigenvalue weighted by atomic mass is 16.5. The summed E-state index contributed by atoms with van der Waals surface area (Å²) in [5.41, 5.74) is 1.79. The minimum atomic E-state index is -0.812. The third-order valence-corrected chi connectivity index (χ3v) is 3.84. The van der Waals surface area contributed by atoms with Gasteiger partial charge in [0.25, 0.3) is 11.6 Å². The molecular weight excluding hydrogens is 352 g/mol. The topological polar surface area (TPSA) is 105 Å². The Balaban J connectivity index is 1.76. The summed E-state index contributed by atoms with van der Waals surface area (Å²) in [6.07, 6.45) is 0. The first-order valence-corrected chi connectivity index (χ1v) is 8.06. The number of aromatic nitrogens is 4. The normalized spacial score (nSPS) is 10.7. The number of Topliss-reactive ketones (excluding diaryl/α,β-unsaturated/α-hetero) is 1. The highest BCUT2D eigenvalue weighted by molar-refractivity contribution is 6.01. The van der Waals surface area contributed by atoms with Crippen LogP contribution in [-0.4, -0.2) is 52.2 Å². The number of benzene rings is 1. The van der Waals surface area contributed by atoms with E-state index in [-0.39, 0.29) is 11.4 Å². The van der Waals surface area contributed by atoms with E-state index in [1.165, 1.54) is 24.8 Å². The van der Waals surface area contributed by atoms with Crippen molar-refractivity contribution in [2.75, 3.05) is 20.8 Å². The summed E-state index contributed by atoms with van der Waals surface area (Å²) in [5, 5.41) is 4.08. The fourth-order valence-electron chi connectivity index (χ4n) is 2.56. The smallest absolute Gasteiger partial charge is 0.378 e. The van der Waals surface area contributed by atoms with Crippen LogP contribution in [0, 0.1) is 13.8 Å². The number of methoxy groups -OCH3 is 2. The maximum Gasteiger partial charge on any atom is 0.378 e. The number of carbonyl (C=O) groups is 2. The molecule has 0 bridgehead atoms.